The predicted molar refractivity (Wildman–Crippen MR) is 149 cm³/mol. The fraction of sp³-hybridized carbons (Fsp3) is 0.481. The van der Waals surface area contributed by atoms with Gasteiger partial charge in [-0.1, -0.05) is 6.07 Å². The summed E-state index contributed by atoms with van der Waals surface area (Å²) in [5, 5.41) is 0. The number of carbonyl (C=O) groups is 1. The predicted octanol–water partition coefficient (Wildman–Crippen LogP) is 2.53. The Morgan fingerprint density at radius 2 is 1.87 bits per heavy atom. The van der Waals surface area contributed by atoms with Crippen molar-refractivity contribution in [3.63, 3.8) is 0 Å². The van der Waals surface area contributed by atoms with Crippen LogP contribution >= 0.6 is 11.3 Å². The number of hydrogen-bond donors (Lipinski definition) is 1. The summed E-state index contributed by atoms with van der Waals surface area (Å²) in [7, 11) is 0. The number of fused-ring (bicyclic) bond motifs is 2. The summed E-state index contributed by atoms with van der Waals surface area (Å²) in [6.45, 7) is 13.2. The SMILES string of the molecule is Cc1ccc(-c2nc(N3CCOCC3)c3sc(CN4CCN(C(C)(C)C(N)=O)CC4)cc3n2)n2ccnc12. The molecule has 6 rings (SSSR count). The van der Waals surface area contributed by atoms with Gasteiger partial charge in [-0.05, 0) is 38.5 Å². The van der Waals surface area contributed by atoms with Gasteiger partial charge in [0.1, 0.15) is 5.65 Å². The molecule has 0 unspecified atom stereocenters. The molecule has 1 amide bonds. The largest absolute Gasteiger partial charge is 0.378 e. The number of ether oxygens (including phenoxy) is 1. The van der Waals surface area contributed by atoms with Crippen LogP contribution in [0.5, 0.6) is 0 Å². The van der Waals surface area contributed by atoms with E-state index in [0.717, 1.165) is 78.8 Å². The van der Waals surface area contributed by atoms with Gasteiger partial charge in [-0.2, -0.15) is 0 Å². The van der Waals surface area contributed by atoms with E-state index < -0.39 is 5.54 Å². The minimum absolute atomic E-state index is 0.276. The number of pyridine rings is 1. The van der Waals surface area contributed by atoms with Crippen LogP contribution in [-0.2, 0) is 16.1 Å². The third kappa shape index (κ3) is 4.53. The number of hydrogen-bond acceptors (Lipinski definition) is 9. The van der Waals surface area contributed by atoms with Crippen molar-refractivity contribution in [1.82, 2.24) is 29.2 Å². The van der Waals surface area contributed by atoms with Crippen molar-refractivity contribution in [2.24, 2.45) is 5.73 Å². The molecule has 0 saturated carbocycles. The Morgan fingerprint density at radius 3 is 2.61 bits per heavy atom. The molecule has 0 spiro atoms. The molecule has 2 N–H and O–H groups in total. The second-order valence-corrected chi connectivity index (χ2v) is 11.7. The summed E-state index contributed by atoms with van der Waals surface area (Å²) < 4.78 is 8.82. The molecule has 4 aromatic heterocycles. The molecule has 10 nitrogen and oxygen atoms in total. The van der Waals surface area contributed by atoms with Gasteiger partial charge in [0, 0.05) is 63.1 Å². The van der Waals surface area contributed by atoms with E-state index in [4.69, 9.17) is 20.4 Å². The van der Waals surface area contributed by atoms with Gasteiger partial charge in [-0.25, -0.2) is 15.0 Å². The van der Waals surface area contributed by atoms with E-state index in [9.17, 15) is 4.79 Å². The number of primary amides is 1. The van der Waals surface area contributed by atoms with Gasteiger partial charge in [0.25, 0.3) is 0 Å². The van der Waals surface area contributed by atoms with Gasteiger partial charge in [-0.3, -0.25) is 19.0 Å². The summed E-state index contributed by atoms with van der Waals surface area (Å²) in [4.78, 5) is 34.8. The van der Waals surface area contributed by atoms with Gasteiger partial charge < -0.3 is 15.4 Å². The van der Waals surface area contributed by atoms with E-state index in [1.54, 1.807) is 11.3 Å². The minimum Gasteiger partial charge on any atom is -0.378 e. The van der Waals surface area contributed by atoms with Gasteiger partial charge in [0.15, 0.2) is 11.6 Å². The van der Waals surface area contributed by atoms with E-state index >= 15 is 0 Å². The normalized spacial score (nSPS) is 18.0. The number of anilines is 1. The van der Waals surface area contributed by atoms with Crippen LogP contribution in [0.25, 0.3) is 27.4 Å². The number of morpholine rings is 1. The first-order valence-electron chi connectivity index (χ1n) is 13.1. The number of thiophene rings is 1. The lowest BCUT2D eigenvalue weighted by molar-refractivity contribution is -0.129. The highest BCUT2D eigenvalue weighted by molar-refractivity contribution is 7.19. The van der Waals surface area contributed by atoms with Crippen molar-refractivity contribution >= 4 is 38.9 Å². The van der Waals surface area contributed by atoms with Crippen molar-refractivity contribution < 1.29 is 9.53 Å². The molecule has 2 aliphatic rings. The average molecular weight is 535 g/mol. The molecular weight excluding hydrogens is 500 g/mol. The highest BCUT2D eigenvalue weighted by Crippen LogP contribution is 2.35. The van der Waals surface area contributed by atoms with Crippen LogP contribution in [0.2, 0.25) is 0 Å². The van der Waals surface area contributed by atoms with Gasteiger partial charge in [0.05, 0.1) is 34.7 Å². The average Bonchev–Trinajstić information content (AvgIpc) is 3.57. The summed E-state index contributed by atoms with van der Waals surface area (Å²) >= 11 is 1.78. The number of nitrogens with two attached hydrogens (primary N) is 1. The van der Waals surface area contributed by atoms with Crippen LogP contribution in [0.4, 0.5) is 5.82 Å². The maximum absolute atomic E-state index is 11.9. The molecule has 200 valence electrons. The topological polar surface area (TPSA) is 105 Å². The second-order valence-electron chi connectivity index (χ2n) is 10.6. The number of amides is 1. The molecule has 4 aromatic rings. The van der Waals surface area contributed by atoms with E-state index in [1.807, 2.05) is 26.2 Å². The first kappa shape index (κ1) is 25.2. The smallest absolute Gasteiger partial charge is 0.237 e. The van der Waals surface area contributed by atoms with Crippen LogP contribution in [0.3, 0.4) is 0 Å². The highest BCUT2D eigenvalue weighted by atomic mass is 32.1. The minimum atomic E-state index is -0.626. The zero-order chi connectivity index (χ0) is 26.4. The van der Waals surface area contributed by atoms with Crippen molar-refractivity contribution in [2.45, 2.75) is 32.9 Å². The molecule has 6 heterocycles. The van der Waals surface area contributed by atoms with Crippen molar-refractivity contribution in [2.75, 3.05) is 57.4 Å². The third-order valence-corrected chi connectivity index (χ3v) is 8.94. The second kappa shape index (κ2) is 9.88. The zero-order valence-electron chi connectivity index (χ0n) is 22.2. The van der Waals surface area contributed by atoms with Crippen molar-refractivity contribution in [3.8, 4) is 11.5 Å². The maximum atomic E-state index is 11.9. The molecule has 38 heavy (non-hydrogen) atoms. The monoisotopic (exact) mass is 534 g/mol. The zero-order valence-corrected chi connectivity index (χ0v) is 23.0. The van der Waals surface area contributed by atoms with E-state index in [1.165, 1.54) is 4.88 Å². The lowest BCUT2D eigenvalue weighted by Crippen LogP contribution is -2.59. The fourth-order valence-electron chi connectivity index (χ4n) is 5.32. The summed E-state index contributed by atoms with van der Waals surface area (Å²) in [5.74, 6) is 1.40. The van der Waals surface area contributed by atoms with Crippen LogP contribution in [0.1, 0.15) is 24.3 Å². The first-order chi connectivity index (χ1) is 18.3. The van der Waals surface area contributed by atoms with Crippen LogP contribution in [0, 0.1) is 6.92 Å². The standard InChI is InChI=1S/C27H34N8O2S/c1-18-4-5-21(35-7-6-29-24(18)35)23-30-20-16-19(38-22(20)25(31-23)33-12-14-37-15-13-33)17-32-8-10-34(11-9-32)27(2,3)26(28)36/h4-7,16H,8-15,17H2,1-3H3,(H2,28,36). The Labute approximate surface area is 226 Å². The van der Waals surface area contributed by atoms with E-state index in [0.29, 0.717) is 19.0 Å². The molecule has 2 saturated heterocycles. The number of carbonyl (C=O) groups excluding carboxylic acids is 1. The quantitative estimate of drug-likeness (QED) is 0.402. The Morgan fingerprint density at radius 1 is 1.11 bits per heavy atom. The molecule has 0 atom stereocenters. The molecule has 0 bridgehead atoms. The number of aryl methyl sites for hydroxylation is 1. The maximum Gasteiger partial charge on any atom is 0.237 e. The summed E-state index contributed by atoms with van der Waals surface area (Å²) in [5.41, 5.74) is 8.95. The van der Waals surface area contributed by atoms with Crippen molar-refractivity contribution in [1.29, 1.82) is 0 Å². The van der Waals surface area contributed by atoms with E-state index in [2.05, 4.69) is 49.2 Å². The number of piperazine rings is 1. The molecule has 0 aromatic carbocycles. The lowest BCUT2D eigenvalue weighted by Gasteiger charge is -2.42. The van der Waals surface area contributed by atoms with E-state index in [-0.39, 0.29) is 5.91 Å². The van der Waals surface area contributed by atoms with Crippen LogP contribution in [-0.4, -0.2) is 93.1 Å². The van der Waals surface area contributed by atoms with Gasteiger partial charge in [-0.15, -0.1) is 11.3 Å². The third-order valence-electron chi connectivity index (χ3n) is 7.83. The Bertz CT molecular complexity index is 1480. The van der Waals surface area contributed by atoms with Gasteiger partial charge in [0.2, 0.25) is 5.91 Å². The molecule has 2 fully saturated rings. The summed E-state index contributed by atoms with van der Waals surface area (Å²) in [6, 6.07) is 6.38. The number of aromatic nitrogens is 4. The van der Waals surface area contributed by atoms with Gasteiger partial charge >= 0.3 is 0 Å². The van der Waals surface area contributed by atoms with Crippen LogP contribution in [0.15, 0.2) is 30.6 Å². The molecule has 0 aliphatic carbocycles. The molecule has 11 heteroatoms. The molecule has 2 aliphatic heterocycles. The van der Waals surface area contributed by atoms with Crippen molar-refractivity contribution in [3.05, 3.63) is 41.0 Å². The Balaban J connectivity index is 1.32. The molecular formula is C27H34N8O2S. The van der Waals surface area contributed by atoms with Crippen LogP contribution < -0.4 is 10.6 Å². The lowest BCUT2D eigenvalue weighted by atomic mass is 10.0. The first-order valence-corrected chi connectivity index (χ1v) is 14.0. The molecule has 0 radical (unpaired) electrons. The Kier molecular flexibility index (Phi) is 6.55. The fourth-order valence-corrected chi connectivity index (χ4v) is 6.47. The number of rotatable bonds is 6. The number of nitrogens with zero attached hydrogens (tertiary/aromatic N) is 7. The Hall–Kier alpha value is -3.12. The highest BCUT2D eigenvalue weighted by Gasteiger charge is 2.34. The number of imidazole rings is 1. The summed E-state index contributed by atoms with van der Waals surface area (Å²) in [6.07, 6.45) is 3.79.